The van der Waals surface area contributed by atoms with Crippen molar-refractivity contribution < 1.29 is 13.6 Å². The first-order valence-corrected chi connectivity index (χ1v) is 6.09. The average Bonchev–Trinajstić information content (AvgIpc) is 2.42. The Hall–Kier alpha value is -2.43. The average molecular weight is 276 g/mol. The molecule has 1 amide bonds. The Labute approximate surface area is 115 Å². The van der Waals surface area contributed by atoms with Crippen molar-refractivity contribution in [3.63, 3.8) is 0 Å². The van der Waals surface area contributed by atoms with Gasteiger partial charge in [0.1, 0.15) is 11.6 Å². The summed E-state index contributed by atoms with van der Waals surface area (Å²) in [5, 5.41) is 2.69. The quantitative estimate of drug-likeness (QED) is 0.847. The van der Waals surface area contributed by atoms with Crippen molar-refractivity contribution >= 4 is 11.6 Å². The fraction of sp³-hybridized carbons (Fsp3) is 0.133. The van der Waals surface area contributed by atoms with Crippen LogP contribution in [0.3, 0.4) is 0 Å². The molecule has 3 N–H and O–H groups in total. The first-order valence-electron chi connectivity index (χ1n) is 6.09. The SMILES string of the molecule is C[C@H](NC(=O)c1cccc(F)c1N)c1ccc(F)cc1. The summed E-state index contributed by atoms with van der Waals surface area (Å²) in [5.41, 5.74) is 6.18. The molecular formula is C15H14F2N2O. The highest BCUT2D eigenvalue weighted by molar-refractivity contribution is 5.99. The van der Waals surface area contributed by atoms with Gasteiger partial charge in [0, 0.05) is 0 Å². The first kappa shape index (κ1) is 14.0. The highest BCUT2D eigenvalue weighted by Crippen LogP contribution is 2.18. The molecule has 2 rings (SSSR count). The van der Waals surface area contributed by atoms with Crippen LogP contribution in [0.4, 0.5) is 14.5 Å². The van der Waals surface area contributed by atoms with E-state index >= 15 is 0 Å². The maximum absolute atomic E-state index is 13.3. The Morgan fingerprint density at radius 2 is 1.80 bits per heavy atom. The molecule has 5 heteroatoms. The van der Waals surface area contributed by atoms with E-state index in [-0.39, 0.29) is 23.1 Å². The second-order valence-corrected chi connectivity index (χ2v) is 4.45. The number of amides is 1. The molecule has 0 aliphatic rings. The summed E-state index contributed by atoms with van der Waals surface area (Å²) in [7, 11) is 0. The molecular weight excluding hydrogens is 262 g/mol. The van der Waals surface area contributed by atoms with E-state index in [1.54, 1.807) is 19.1 Å². The van der Waals surface area contributed by atoms with E-state index < -0.39 is 11.7 Å². The van der Waals surface area contributed by atoms with E-state index in [0.717, 1.165) is 5.56 Å². The van der Waals surface area contributed by atoms with Gasteiger partial charge in [-0.2, -0.15) is 0 Å². The number of halogens is 2. The zero-order valence-electron chi connectivity index (χ0n) is 10.9. The van der Waals surface area contributed by atoms with Gasteiger partial charge in [-0.3, -0.25) is 4.79 Å². The molecule has 2 aromatic rings. The molecule has 104 valence electrons. The lowest BCUT2D eigenvalue weighted by Crippen LogP contribution is -2.27. The fourth-order valence-corrected chi connectivity index (χ4v) is 1.84. The van der Waals surface area contributed by atoms with Crippen LogP contribution in [0.2, 0.25) is 0 Å². The molecule has 0 heterocycles. The normalized spacial score (nSPS) is 11.9. The van der Waals surface area contributed by atoms with Gasteiger partial charge in [-0.15, -0.1) is 0 Å². The van der Waals surface area contributed by atoms with E-state index in [9.17, 15) is 13.6 Å². The van der Waals surface area contributed by atoms with Gasteiger partial charge in [-0.25, -0.2) is 8.78 Å². The third-order valence-corrected chi connectivity index (χ3v) is 3.02. The van der Waals surface area contributed by atoms with E-state index in [2.05, 4.69) is 5.32 Å². The van der Waals surface area contributed by atoms with Gasteiger partial charge in [0.15, 0.2) is 0 Å². The molecule has 20 heavy (non-hydrogen) atoms. The van der Waals surface area contributed by atoms with Crippen LogP contribution >= 0.6 is 0 Å². The van der Waals surface area contributed by atoms with Crippen LogP contribution in [0.25, 0.3) is 0 Å². The second-order valence-electron chi connectivity index (χ2n) is 4.45. The van der Waals surface area contributed by atoms with E-state index in [1.165, 1.54) is 30.3 Å². The lowest BCUT2D eigenvalue weighted by atomic mass is 10.1. The summed E-state index contributed by atoms with van der Waals surface area (Å²) in [6.07, 6.45) is 0. The second kappa shape index (κ2) is 5.69. The minimum atomic E-state index is -0.632. The van der Waals surface area contributed by atoms with Crippen molar-refractivity contribution in [1.29, 1.82) is 0 Å². The van der Waals surface area contributed by atoms with E-state index in [4.69, 9.17) is 5.73 Å². The van der Waals surface area contributed by atoms with Crippen LogP contribution in [0.5, 0.6) is 0 Å². The van der Waals surface area contributed by atoms with E-state index in [1.807, 2.05) is 0 Å². The van der Waals surface area contributed by atoms with E-state index in [0.29, 0.717) is 0 Å². The third kappa shape index (κ3) is 2.93. The largest absolute Gasteiger partial charge is 0.396 e. The molecule has 0 saturated carbocycles. The molecule has 1 atom stereocenters. The minimum absolute atomic E-state index is 0.0824. The highest BCUT2D eigenvalue weighted by Gasteiger charge is 2.15. The lowest BCUT2D eigenvalue weighted by molar-refractivity contribution is 0.0940. The molecule has 0 bridgehead atoms. The predicted molar refractivity (Wildman–Crippen MR) is 73.1 cm³/mol. The Morgan fingerprint density at radius 1 is 1.15 bits per heavy atom. The fourth-order valence-electron chi connectivity index (χ4n) is 1.84. The van der Waals surface area contributed by atoms with Gasteiger partial charge >= 0.3 is 0 Å². The number of anilines is 1. The Morgan fingerprint density at radius 3 is 2.45 bits per heavy atom. The maximum Gasteiger partial charge on any atom is 0.253 e. The zero-order chi connectivity index (χ0) is 14.7. The van der Waals surface area contributed by atoms with Crippen molar-refractivity contribution in [2.45, 2.75) is 13.0 Å². The van der Waals surface area contributed by atoms with Gasteiger partial charge in [-0.1, -0.05) is 18.2 Å². The monoisotopic (exact) mass is 276 g/mol. The smallest absolute Gasteiger partial charge is 0.253 e. The molecule has 0 unspecified atom stereocenters. The van der Waals surface area contributed by atoms with Crippen molar-refractivity contribution in [2.75, 3.05) is 5.73 Å². The number of carbonyl (C=O) groups is 1. The molecule has 2 aromatic carbocycles. The van der Waals surface area contributed by atoms with Gasteiger partial charge < -0.3 is 11.1 Å². The minimum Gasteiger partial charge on any atom is -0.396 e. The van der Waals surface area contributed by atoms with Gasteiger partial charge in [0.05, 0.1) is 17.3 Å². The summed E-state index contributed by atoms with van der Waals surface area (Å²) >= 11 is 0. The van der Waals surface area contributed by atoms with Crippen LogP contribution in [-0.4, -0.2) is 5.91 Å². The third-order valence-electron chi connectivity index (χ3n) is 3.02. The van der Waals surface area contributed by atoms with Gasteiger partial charge in [0.25, 0.3) is 5.91 Å². The standard InChI is InChI=1S/C15H14F2N2O/c1-9(10-5-7-11(16)8-6-10)19-15(20)12-3-2-4-13(17)14(12)18/h2-9H,18H2,1H3,(H,19,20)/t9-/m0/s1. The number of nitrogen functional groups attached to an aromatic ring is 1. The molecule has 0 fully saturated rings. The van der Waals surface area contributed by atoms with Crippen LogP contribution in [0, 0.1) is 11.6 Å². The number of nitrogens with two attached hydrogens (primary N) is 1. The molecule has 0 aliphatic carbocycles. The summed E-state index contributed by atoms with van der Waals surface area (Å²) in [6.45, 7) is 1.75. The number of para-hydroxylation sites is 1. The van der Waals surface area contributed by atoms with Gasteiger partial charge in [0.2, 0.25) is 0 Å². The van der Waals surface area contributed by atoms with Crippen molar-refractivity contribution in [1.82, 2.24) is 5.32 Å². The van der Waals surface area contributed by atoms with Crippen molar-refractivity contribution in [3.05, 3.63) is 65.2 Å². The number of hydrogen-bond acceptors (Lipinski definition) is 2. The van der Waals surface area contributed by atoms with Crippen molar-refractivity contribution in [3.8, 4) is 0 Å². The molecule has 0 saturated heterocycles. The number of carbonyl (C=O) groups excluding carboxylic acids is 1. The van der Waals surface area contributed by atoms with Crippen LogP contribution in [0.1, 0.15) is 28.9 Å². The molecule has 3 nitrogen and oxygen atoms in total. The number of benzene rings is 2. The zero-order valence-corrected chi connectivity index (χ0v) is 10.9. The number of hydrogen-bond donors (Lipinski definition) is 2. The summed E-state index contributed by atoms with van der Waals surface area (Å²) in [4.78, 5) is 12.0. The summed E-state index contributed by atoms with van der Waals surface area (Å²) in [6, 6.07) is 9.50. The Kier molecular flexibility index (Phi) is 3.98. The van der Waals surface area contributed by atoms with Crippen LogP contribution in [0.15, 0.2) is 42.5 Å². The topological polar surface area (TPSA) is 55.1 Å². The number of rotatable bonds is 3. The Balaban J connectivity index is 2.15. The number of nitrogens with one attached hydrogen (secondary N) is 1. The van der Waals surface area contributed by atoms with Gasteiger partial charge in [-0.05, 0) is 36.8 Å². The molecule has 0 aliphatic heterocycles. The van der Waals surface area contributed by atoms with Crippen LogP contribution < -0.4 is 11.1 Å². The van der Waals surface area contributed by atoms with Crippen LogP contribution in [-0.2, 0) is 0 Å². The first-order chi connectivity index (χ1) is 9.49. The summed E-state index contributed by atoms with van der Waals surface area (Å²) < 4.78 is 26.1. The lowest BCUT2D eigenvalue weighted by Gasteiger charge is -2.15. The summed E-state index contributed by atoms with van der Waals surface area (Å²) in [5.74, 6) is -1.45. The Bertz CT molecular complexity index is 626. The molecule has 0 radical (unpaired) electrons. The highest BCUT2D eigenvalue weighted by atomic mass is 19.1. The maximum atomic E-state index is 13.3. The predicted octanol–water partition coefficient (Wildman–Crippen LogP) is 3.04. The van der Waals surface area contributed by atoms with Crippen molar-refractivity contribution in [2.24, 2.45) is 0 Å². The molecule has 0 aromatic heterocycles. The molecule has 0 spiro atoms.